The molecule has 4 rings (SSSR count). The van der Waals surface area contributed by atoms with Crippen molar-refractivity contribution >= 4 is 38.6 Å². The third-order valence-electron chi connectivity index (χ3n) is 3.93. The molecule has 0 radical (unpaired) electrons. The minimum atomic E-state index is -0.144. The highest BCUT2D eigenvalue weighted by molar-refractivity contribution is 9.09. The molecule has 0 N–H and O–H groups in total. The van der Waals surface area contributed by atoms with Gasteiger partial charge in [0, 0.05) is 10.6 Å². The van der Waals surface area contributed by atoms with Crippen molar-refractivity contribution in [2.24, 2.45) is 0 Å². The van der Waals surface area contributed by atoms with Crippen LogP contribution in [0.3, 0.4) is 0 Å². The molecule has 1 aromatic heterocycles. The van der Waals surface area contributed by atoms with Crippen molar-refractivity contribution in [2.75, 3.05) is 5.75 Å². The summed E-state index contributed by atoms with van der Waals surface area (Å²) in [5, 5.41) is 1.47. The first kappa shape index (κ1) is 14.0. The summed E-state index contributed by atoms with van der Waals surface area (Å²) < 4.78 is 2.19. The smallest absolute Gasteiger partial charge is 0.281 e. The second kappa shape index (κ2) is 5.56. The molecular weight excluding hydrogens is 360 g/mol. The first-order valence-corrected chi connectivity index (χ1v) is 8.99. The zero-order chi connectivity index (χ0) is 15.1. The second-order valence-electron chi connectivity index (χ2n) is 5.27. The predicted molar refractivity (Wildman–Crippen MR) is 94.0 cm³/mol. The van der Waals surface area contributed by atoms with E-state index in [1.165, 1.54) is 5.56 Å². The molecule has 3 aromatic rings. The number of hydrogen-bond donors (Lipinski definition) is 0. The summed E-state index contributed by atoms with van der Waals surface area (Å²) in [6.07, 6.45) is 0. The molecule has 0 fully saturated rings. The van der Waals surface area contributed by atoms with Crippen LogP contribution in [0.1, 0.15) is 11.6 Å². The average Bonchev–Trinajstić information content (AvgIpc) is 2.56. The van der Waals surface area contributed by atoms with Crippen molar-refractivity contribution < 1.29 is 0 Å². The number of thioether (sulfide) groups is 1. The van der Waals surface area contributed by atoms with Crippen LogP contribution in [0.2, 0.25) is 0 Å². The molecule has 2 atom stereocenters. The van der Waals surface area contributed by atoms with Gasteiger partial charge in [0.25, 0.3) is 5.56 Å². The second-order valence-corrected chi connectivity index (χ2v) is 7.43. The van der Waals surface area contributed by atoms with E-state index >= 15 is 0 Å². The van der Waals surface area contributed by atoms with Crippen molar-refractivity contribution in [3.63, 3.8) is 0 Å². The van der Waals surface area contributed by atoms with Crippen LogP contribution in [0.4, 0.5) is 0 Å². The van der Waals surface area contributed by atoms with Crippen molar-refractivity contribution in [3.05, 3.63) is 70.5 Å². The molecule has 0 amide bonds. The first-order chi connectivity index (χ1) is 10.8. The zero-order valence-electron chi connectivity index (χ0n) is 11.6. The minimum absolute atomic E-state index is 0.135. The normalized spacial score (nSPS) is 20.8. The van der Waals surface area contributed by atoms with Gasteiger partial charge in [-0.05, 0) is 17.7 Å². The number of aromatic nitrogens is 2. The highest BCUT2D eigenvalue weighted by Crippen LogP contribution is 2.39. The van der Waals surface area contributed by atoms with E-state index in [-0.39, 0.29) is 11.6 Å². The Kier molecular flexibility index (Phi) is 3.54. The number of alkyl halides is 1. The Morgan fingerprint density at radius 1 is 1.09 bits per heavy atom. The number of benzene rings is 2. The molecule has 0 aliphatic carbocycles. The molecule has 0 saturated heterocycles. The van der Waals surface area contributed by atoms with Crippen molar-refractivity contribution in [3.8, 4) is 0 Å². The van der Waals surface area contributed by atoms with Crippen molar-refractivity contribution in [2.45, 2.75) is 16.0 Å². The summed E-state index contributed by atoms with van der Waals surface area (Å²) in [5.74, 6) is 0.893. The van der Waals surface area contributed by atoms with Gasteiger partial charge >= 0.3 is 0 Å². The lowest BCUT2D eigenvalue weighted by molar-refractivity contribution is 0.528. The molecule has 1 aliphatic rings. The van der Waals surface area contributed by atoms with E-state index in [1.54, 1.807) is 11.8 Å². The molecule has 0 bridgehead atoms. The Labute approximate surface area is 140 Å². The Hall–Kier alpha value is -1.59. The maximum absolute atomic E-state index is 12.2. The fourth-order valence-corrected chi connectivity index (χ4v) is 4.88. The van der Waals surface area contributed by atoms with Gasteiger partial charge < -0.3 is 4.57 Å². The van der Waals surface area contributed by atoms with Crippen molar-refractivity contribution in [1.82, 2.24) is 9.55 Å². The number of nitrogens with zero attached hydrogens (tertiary/aromatic N) is 2. The SMILES string of the molecule is O=c1nc2n(c3ccccc13)C(c1ccccc1)C(Br)CS2. The highest BCUT2D eigenvalue weighted by Gasteiger charge is 2.31. The monoisotopic (exact) mass is 372 g/mol. The van der Waals surface area contributed by atoms with Gasteiger partial charge in [-0.1, -0.05) is 70.2 Å². The largest absolute Gasteiger partial charge is 0.311 e. The van der Waals surface area contributed by atoms with E-state index in [1.807, 2.05) is 30.3 Å². The maximum atomic E-state index is 12.2. The van der Waals surface area contributed by atoms with E-state index in [4.69, 9.17) is 0 Å². The van der Waals surface area contributed by atoms with Crippen LogP contribution in [0.15, 0.2) is 64.5 Å². The van der Waals surface area contributed by atoms with Gasteiger partial charge in [-0.25, -0.2) is 0 Å². The van der Waals surface area contributed by atoms with E-state index in [2.05, 4.69) is 49.7 Å². The number of hydrogen-bond acceptors (Lipinski definition) is 3. The fraction of sp³-hybridized carbons (Fsp3) is 0.176. The topological polar surface area (TPSA) is 34.9 Å². The third kappa shape index (κ3) is 2.20. The number of fused-ring (bicyclic) bond motifs is 3. The molecule has 0 saturated carbocycles. The molecule has 2 aromatic carbocycles. The summed E-state index contributed by atoms with van der Waals surface area (Å²) >= 11 is 5.45. The Morgan fingerprint density at radius 3 is 2.64 bits per heavy atom. The molecule has 5 heteroatoms. The van der Waals surface area contributed by atoms with Crippen LogP contribution < -0.4 is 5.56 Å². The van der Waals surface area contributed by atoms with Crippen LogP contribution in [-0.4, -0.2) is 20.1 Å². The highest BCUT2D eigenvalue weighted by atomic mass is 79.9. The van der Waals surface area contributed by atoms with E-state index in [0.29, 0.717) is 10.2 Å². The standard InChI is InChI=1S/C17H13BrN2OS/c18-13-10-22-17-19-16(21)12-8-4-5-9-14(12)20(17)15(13)11-6-2-1-3-7-11/h1-9,13,15H,10H2. The summed E-state index contributed by atoms with van der Waals surface area (Å²) in [5.41, 5.74) is 2.03. The van der Waals surface area contributed by atoms with Crippen molar-refractivity contribution in [1.29, 1.82) is 0 Å². The number of rotatable bonds is 1. The number of halogens is 1. The zero-order valence-corrected chi connectivity index (χ0v) is 14.0. The fourth-order valence-electron chi connectivity index (χ4n) is 2.95. The predicted octanol–water partition coefficient (Wildman–Crippen LogP) is 3.86. The van der Waals surface area contributed by atoms with Crippen LogP contribution >= 0.6 is 27.7 Å². The van der Waals surface area contributed by atoms with Gasteiger partial charge in [0.15, 0.2) is 5.16 Å². The summed E-state index contributed by atoms with van der Waals surface area (Å²) in [6, 6.07) is 18.2. The van der Waals surface area contributed by atoms with Gasteiger partial charge in [-0.2, -0.15) is 4.98 Å². The summed E-state index contributed by atoms with van der Waals surface area (Å²) in [6.45, 7) is 0. The number of para-hydroxylation sites is 1. The molecule has 110 valence electrons. The molecule has 3 nitrogen and oxygen atoms in total. The van der Waals surface area contributed by atoms with Crippen LogP contribution in [-0.2, 0) is 0 Å². The maximum Gasteiger partial charge on any atom is 0.281 e. The van der Waals surface area contributed by atoms with Gasteiger partial charge in [0.05, 0.1) is 16.9 Å². The molecular formula is C17H13BrN2OS. The third-order valence-corrected chi connectivity index (χ3v) is 6.26. The van der Waals surface area contributed by atoms with Gasteiger partial charge in [0.1, 0.15) is 0 Å². The average molecular weight is 373 g/mol. The Morgan fingerprint density at radius 2 is 1.82 bits per heavy atom. The van der Waals surface area contributed by atoms with Gasteiger partial charge in [-0.3, -0.25) is 4.79 Å². The molecule has 22 heavy (non-hydrogen) atoms. The summed E-state index contributed by atoms with van der Waals surface area (Å²) in [4.78, 5) is 16.8. The van der Waals surface area contributed by atoms with Gasteiger partial charge in [-0.15, -0.1) is 0 Å². The lowest BCUT2D eigenvalue weighted by Crippen LogP contribution is -2.31. The minimum Gasteiger partial charge on any atom is -0.311 e. The molecule has 1 aliphatic heterocycles. The van der Waals surface area contributed by atoms with Gasteiger partial charge in [0.2, 0.25) is 0 Å². The Balaban J connectivity index is 2.05. The quantitative estimate of drug-likeness (QED) is 0.480. The lowest BCUT2D eigenvalue weighted by atomic mass is 10.0. The van der Waals surface area contributed by atoms with E-state index < -0.39 is 0 Å². The first-order valence-electron chi connectivity index (χ1n) is 7.09. The molecule has 0 spiro atoms. The summed E-state index contributed by atoms with van der Waals surface area (Å²) in [7, 11) is 0. The van der Waals surface area contributed by atoms with Crippen LogP contribution in [0.25, 0.3) is 10.9 Å². The van der Waals surface area contributed by atoms with Crippen LogP contribution in [0.5, 0.6) is 0 Å². The molecule has 2 heterocycles. The van der Waals surface area contributed by atoms with E-state index in [9.17, 15) is 4.79 Å². The Bertz CT molecular complexity index is 894. The van der Waals surface area contributed by atoms with E-state index in [0.717, 1.165) is 16.4 Å². The molecule has 2 unspecified atom stereocenters. The van der Waals surface area contributed by atoms with Crippen LogP contribution in [0, 0.1) is 0 Å². The lowest BCUT2D eigenvalue weighted by Gasteiger charge is -2.33.